The molecule has 0 fully saturated rings. The van der Waals surface area contributed by atoms with Crippen molar-refractivity contribution in [2.24, 2.45) is 5.92 Å². The molecule has 0 spiro atoms. The van der Waals surface area contributed by atoms with Crippen molar-refractivity contribution in [2.45, 2.75) is 12.3 Å². The third kappa shape index (κ3) is 4.63. The molecule has 7 heteroatoms. The summed E-state index contributed by atoms with van der Waals surface area (Å²) < 4.78 is 15.9. The number of carbonyl (C=O) groups is 1. The predicted molar refractivity (Wildman–Crippen MR) is 122 cm³/mol. The Balaban J connectivity index is 1.59. The van der Waals surface area contributed by atoms with E-state index in [9.17, 15) is 4.79 Å². The first-order valence-corrected chi connectivity index (χ1v) is 10.4. The average molecular weight is 449 g/mol. The first-order chi connectivity index (χ1) is 15.5. The number of alkyl halides is 1. The smallest absolute Gasteiger partial charge is 0.338 e. The van der Waals surface area contributed by atoms with Crippen molar-refractivity contribution < 1.29 is 19.0 Å². The summed E-state index contributed by atoms with van der Waals surface area (Å²) in [5, 5.41) is 1.14. The topological polar surface area (TPSA) is 73.4 Å². The van der Waals surface area contributed by atoms with Crippen molar-refractivity contribution in [3.05, 3.63) is 69.9 Å². The van der Waals surface area contributed by atoms with Gasteiger partial charge in [0.15, 0.2) is 0 Å². The van der Waals surface area contributed by atoms with Gasteiger partial charge in [0, 0.05) is 5.56 Å². The number of carbonyl (C=O) groups excluding carboxylic acids is 1. The van der Waals surface area contributed by atoms with Crippen LogP contribution in [0.1, 0.15) is 21.5 Å². The Morgan fingerprint density at radius 2 is 1.97 bits per heavy atom. The van der Waals surface area contributed by atoms with E-state index in [1.165, 1.54) is 7.11 Å². The van der Waals surface area contributed by atoms with Gasteiger partial charge in [-0.15, -0.1) is 11.6 Å². The minimum absolute atomic E-state index is 0.200. The molecule has 0 aliphatic heterocycles. The van der Waals surface area contributed by atoms with Gasteiger partial charge in [-0.3, -0.25) is 0 Å². The summed E-state index contributed by atoms with van der Waals surface area (Å²) in [6.07, 6.45) is 3.79. The fourth-order valence-electron chi connectivity index (χ4n) is 3.30. The first-order valence-electron chi connectivity index (χ1n) is 9.93. The highest BCUT2D eigenvalue weighted by Crippen LogP contribution is 2.22. The quantitative estimate of drug-likeness (QED) is 0.377. The number of aromatic nitrogens is 2. The third-order valence-corrected chi connectivity index (χ3v) is 5.43. The monoisotopic (exact) mass is 448 g/mol. The lowest BCUT2D eigenvalue weighted by Gasteiger charge is -2.11. The van der Waals surface area contributed by atoms with Gasteiger partial charge in [0.05, 0.1) is 41.8 Å². The first kappa shape index (κ1) is 21.5. The molecule has 2 unspecified atom stereocenters. The lowest BCUT2D eigenvalue weighted by atomic mass is 10.0. The van der Waals surface area contributed by atoms with Crippen LogP contribution in [-0.4, -0.2) is 35.5 Å². The Morgan fingerprint density at radius 1 is 1.12 bits per heavy atom. The molecular formula is C25H21ClN2O4. The number of hydrogen-bond acceptors (Lipinski definition) is 5. The normalized spacial score (nSPS) is 16.5. The second-order valence-corrected chi connectivity index (χ2v) is 7.72. The molecular weight excluding hydrogens is 428 g/mol. The van der Waals surface area contributed by atoms with E-state index >= 15 is 0 Å². The molecule has 2 atom stereocenters. The molecule has 32 heavy (non-hydrogen) atoms. The van der Waals surface area contributed by atoms with Gasteiger partial charge >= 0.3 is 5.97 Å². The van der Waals surface area contributed by atoms with Crippen LogP contribution in [-0.2, 0) is 4.74 Å². The molecule has 3 aromatic rings. The number of esters is 1. The second kappa shape index (κ2) is 9.21. The summed E-state index contributed by atoms with van der Waals surface area (Å²) >= 11 is 6.53. The van der Waals surface area contributed by atoms with Gasteiger partial charge < -0.3 is 19.2 Å². The highest BCUT2D eigenvalue weighted by atomic mass is 35.5. The molecule has 6 nitrogen and oxygen atoms in total. The average Bonchev–Trinajstić information content (AvgIpc) is 3.19. The molecule has 1 aliphatic carbocycles. The van der Waals surface area contributed by atoms with Crippen molar-refractivity contribution in [2.75, 3.05) is 14.2 Å². The number of aromatic amines is 1. The maximum absolute atomic E-state index is 11.9. The number of imidazole rings is 1. The van der Waals surface area contributed by atoms with Crippen molar-refractivity contribution in [1.82, 2.24) is 9.97 Å². The number of H-pyrrole nitrogens is 1. The fraction of sp³-hybridized carbons (Fsp3) is 0.200. The highest BCUT2D eigenvalue weighted by molar-refractivity contribution is 6.24. The molecule has 0 radical (unpaired) electrons. The summed E-state index contributed by atoms with van der Waals surface area (Å²) in [5.41, 5.74) is 2.09. The zero-order valence-electron chi connectivity index (χ0n) is 17.8. The van der Waals surface area contributed by atoms with Gasteiger partial charge in [0.25, 0.3) is 6.01 Å². The molecule has 0 amide bonds. The SMILES string of the molecule is COC(=O)c1cc(Oc2nc3c([nH]2)=CC(C#Cc2cccc(OC)c2)C(Cl)C=3)ccc1C. The Bertz CT molecular complexity index is 1350. The van der Waals surface area contributed by atoms with Gasteiger partial charge in [-0.2, -0.15) is 4.98 Å². The maximum atomic E-state index is 11.9. The van der Waals surface area contributed by atoms with Crippen LogP contribution in [0.3, 0.4) is 0 Å². The minimum atomic E-state index is -0.421. The molecule has 1 N–H and O–H groups in total. The number of nitrogens with one attached hydrogen (secondary N) is 1. The number of fused-ring (bicyclic) bond motifs is 1. The number of methoxy groups -OCH3 is 2. The standard InChI is InChI=1S/C25H21ClN2O4/c1-15-7-10-19(13-20(15)24(29)31-3)32-25-27-22-12-17(21(26)14-23(22)28-25)9-8-16-5-4-6-18(11-16)30-2/h4-7,10-14,17,21H,1-3H3,(H,27,28). The van der Waals surface area contributed by atoms with Crippen LogP contribution in [0.4, 0.5) is 0 Å². The number of halogens is 1. The van der Waals surface area contributed by atoms with Gasteiger partial charge in [0.1, 0.15) is 11.5 Å². The van der Waals surface area contributed by atoms with Gasteiger partial charge in [-0.05, 0) is 55.0 Å². The van der Waals surface area contributed by atoms with Crippen LogP contribution in [0.25, 0.3) is 12.2 Å². The van der Waals surface area contributed by atoms with E-state index in [1.54, 1.807) is 25.3 Å². The highest BCUT2D eigenvalue weighted by Gasteiger charge is 2.18. The van der Waals surface area contributed by atoms with Crippen molar-refractivity contribution in [1.29, 1.82) is 0 Å². The number of aryl methyl sites for hydroxylation is 1. The number of hydrogen-bond donors (Lipinski definition) is 1. The Hall–Kier alpha value is -3.69. The predicted octanol–water partition coefficient (Wildman–Crippen LogP) is 3.16. The summed E-state index contributed by atoms with van der Waals surface area (Å²) in [7, 11) is 2.97. The number of nitrogens with zero attached hydrogens (tertiary/aromatic N) is 1. The van der Waals surface area contributed by atoms with Gasteiger partial charge in [0.2, 0.25) is 0 Å². The molecule has 1 heterocycles. The Kier molecular flexibility index (Phi) is 6.20. The molecule has 162 valence electrons. The van der Waals surface area contributed by atoms with E-state index in [2.05, 4.69) is 21.8 Å². The largest absolute Gasteiger partial charge is 0.497 e. The van der Waals surface area contributed by atoms with Crippen LogP contribution < -0.4 is 20.2 Å². The molecule has 2 aromatic carbocycles. The molecule has 0 saturated carbocycles. The lowest BCUT2D eigenvalue weighted by molar-refractivity contribution is 0.0599. The molecule has 1 aliphatic rings. The van der Waals surface area contributed by atoms with Crippen molar-refractivity contribution >= 4 is 29.7 Å². The fourth-order valence-corrected chi connectivity index (χ4v) is 3.56. The number of benzene rings is 2. The summed E-state index contributed by atoms with van der Waals surface area (Å²) in [4.78, 5) is 19.5. The van der Waals surface area contributed by atoms with E-state index < -0.39 is 5.97 Å². The van der Waals surface area contributed by atoms with Crippen LogP contribution in [0.15, 0.2) is 42.5 Å². The van der Waals surface area contributed by atoms with Crippen LogP contribution in [0, 0.1) is 24.7 Å². The second-order valence-electron chi connectivity index (χ2n) is 7.22. The molecule has 0 bridgehead atoms. The summed E-state index contributed by atoms with van der Waals surface area (Å²) in [5.74, 6) is 6.96. The minimum Gasteiger partial charge on any atom is -0.497 e. The molecule has 0 saturated heterocycles. The van der Waals surface area contributed by atoms with Gasteiger partial charge in [-0.25, -0.2) is 4.79 Å². The van der Waals surface area contributed by atoms with E-state index in [0.717, 1.165) is 22.2 Å². The van der Waals surface area contributed by atoms with Crippen molar-refractivity contribution in [3.8, 4) is 29.4 Å². The Labute approximate surface area is 190 Å². The van der Waals surface area contributed by atoms with E-state index in [0.29, 0.717) is 22.7 Å². The van der Waals surface area contributed by atoms with E-state index in [4.69, 9.17) is 25.8 Å². The maximum Gasteiger partial charge on any atom is 0.338 e. The molecule has 4 rings (SSSR count). The van der Waals surface area contributed by atoms with Crippen LogP contribution >= 0.6 is 11.6 Å². The number of ether oxygens (including phenoxy) is 3. The zero-order valence-corrected chi connectivity index (χ0v) is 18.6. The van der Waals surface area contributed by atoms with Crippen LogP contribution in [0.5, 0.6) is 17.5 Å². The van der Waals surface area contributed by atoms with Gasteiger partial charge in [-0.1, -0.05) is 24.0 Å². The Morgan fingerprint density at radius 3 is 2.75 bits per heavy atom. The van der Waals surface area contributed by atoms with E-state index in [-0.39, 0.29) is 11.3 Å². The molecule has 1 aromatic heterocycles. The number of rotatable bonds is 4. The summed E-state index contributed by atoms with van der Waals surface area (Å²) in [6.45, 7) is 1.83. The van der Waals surface area contributed by atoms with Crippen molar-refractivity contribution in [3.63, 3.8) is 0 Å². The van der Waals surface area contributed by atoms with Crippen LogP contribution in [0.2, 0.25) is 0 Å². The third-order valence-electron chi connectivity index (χ3n) is 5.03. The summed E-state index contributed by atoms with van der Waals surface area (Å²) in [6, 6.07) is 13.0. The zero-order chi connectivity index (χ0) is 22.7. The lowest BCUT2D eigenvalue weighted by Crippen LogP contribution is -2.33. The van der Waals surface area contributed by atoms with E-state index in [1.807, 2.05) is 43.3 Å².